The first kappa shape index (κ1) is 16.5. The number of carbonyl (C=O) groups is 1. The summed E-state index contributed by atoms with van der Waals surface area (Å²) >= 11 is 0. The van der Waals surface area contributed by atoms with E-state index in [2.05, 4.69) is 11.4 Å². The van der Waals surface area contributed by atoms with Crippen molar-refractivity contribution in [1.82, 2.24) is 5.32 Å². The maximum Gasteiger partial charge on any atom is 0.244 e. The second kappa shape index (κ2) is 8.52. The second-order valence-corrected chi connectivity index (χ2v) is 4.95. The van der Waals surface area contributed by atoms with E-state index in [4.69, 9.17) is 10.00 Å². The molecule has 0 spiro atoms. The molecule has 1 atom stereocenters. The van der Waals surface area contributed by atoms with E-state index in [0.717, 1.165) is 11.1 Å². The lowest BCUT2D eigenvalue weighted by molar-refractivity contribution is -0.117. The lowest BCUT2D eigenvalue weighted by Gasteiger charge is -2.15. The van der Waals surface area contributed by atoms with E-state index in [1.807, 2.05) is 36.4 Å². The van der Waals surface area contributed by atoms with Gasteiger partial charge in [-0.15, -0.1) is 0 Å². The normalized spacial score (nSPS) is 11.8. The molecule has 0 saturated carbocycles. The SMILES string of the molecule is COC(CNC(=O)/C=C/c1cccc(C#N)c1)c1ccccc1. The first-order chi connectivity index (χ1) is 11.2. The molecule has 23 heavy (non-hydrogen) atoms. The zero-order valence-electron chi connectivity index (χ0n) is 12.9. The smallest absolute Gasteiger partial charge is 0.244 e. The van der Waals surface area contributed by atoms with Crippen molar-refractivity contribution in [3.05, 3.63) is 77.4 Å². The zero-order valence-corrected chi connectivity index (χ0v) is 12.9. The van der Waals surface area contributed by atoms with Crippen LogP contribution >= 0.6 is 0 Å². The number of nitrogens with one attached hydrogen (secondary N) is 1. The van der Waals surface area contributed by atoms with E-state index in [0.29, 0.717) is 12.1 Å². The van der Waals surface area contributed by atoms with Gasteiger partial charge in [-0.2, -0.15) is 5.26 Å². The molecule has 0 aliphatic rings. The van der Waals surface area contributed by atoms with Crippen molar-refractivity contribution in [3.8, 4) is 6.07 Å². The van der Waals surface area contributed by atoms with Crippen LogP contribution in [-0.4, -0.2) is 19.6 Å². The number of ether oxygens (including phenoxy) is 1. The Morgan fingerprint density at radius 2 is 2.04 bits per heavy atom. The fraction of sp³-hybridized carbons (Fsp3) is 0.158. The molecule has 0 bridgehead atoms. The van der Waals surface area contributed by atoms with Crippen molar-refractivity contribution in [2.45, 2.75) is 6.10 Å². The Labute approximate surface area is 136 Å². The van der Waals surface area contributed by atoms with Crippen LogP contribution in [0.5, 0.6) is 0 Å². The molecule has 1 N–H and O–H groups in total. The third-order valence-corrected chi connectivity index (χ3v) is 3.36. The molecule has 0 aliphatic carbocycles. The van der Waals surface area contributed by atoms with E-state index in [9.17, 15) is 4.79 Å². The number of rotatable bonds is 6. The Morgan fingerprint density at radius 3 is 2.74 bits per heavy atom. The largest absolute Gasteiger partial charge is 0.375 e. The first-order valence-corrected chi connectivity index (χ1v) is 7.26. The number of amides is 1. The van der Waals surface area contributed by atoms with Crippen LogP contribution in [0.3, 0.4) is 0 Å². The number of methoxy groups -OCH3 is 1. The van der Waals surface area contributed by atoms with E-state index in [1.165, 1.54) is 6.08 Å². The van der Waals surface area contributed by atoms with Crippen LogP contribution in [-0.2, 0) is 9.53 Å². The van der Waals surface area contributed by atoms with Crippen LogP contribution in [0.25, 0.3) is 6.08 Å². The molecule has 0 radical (unpaired) electrons. The average Bonchev–Trinajstić information content (AvgIpc) is 2.61. The maximum absolute atomic E-state index is 11.9. The minimum atomic E-state index is -0.203. The monoisotopic (exact) mass is 306 g/mol. The number of hydrogen-bond donors (Lipinski definition) is 1. The Morgan fingerprint density at radius 1 is 1.26 bits per heavy atom. The maximum atomic E-state index is 11.9. The molecule has 2 aromatic rings. The van der Waals surface area contributed by atoms with Gasteiger partial charge in [-0.1, -0.05) is 42.5 Å². The third kappa shape index (κ3) is 5.10. The van der Waals surface area contributed by atoms with Gasteiger partial charge < -0.3 is 10.1 Å². The van der Waals surface area contributed by atoms with Gasteiger partial charge >= 0.3 is 0 Å². The predicted molar refractivity (Wildman–Crippen MR) is 89.4 cm³/mol. The van der Waals surface area contributed by atoms with Crippen LogP contribution in [0.4, 0.5) is 0 Å². The Kier molecular flexibility index (Phi) is 6.10. The third-order valence-electron chi connectivity index (χ3n) is 3.36. The molecular formula is C19H18N2O2. The topological polar surface area (TPSA) is 62.1 Å². The van der Waals surface area contributed by atoms with Crippen LogP contribution in [0.2, 0.25) is 0 Å². The minimum absolute atomic E-state index is 0.185. The number of nitrogens with zero attached hydrogens (tertiary/aromatic N) is 1. The van der Waals surface area contributed by atoms with Crippen molar-refractivity contribution < 1.29 is 9.53 Å². The molecule has 0 aliphatic heterocycles. The fourth-order valence-corrected chi connectivity index (χ4v) is 2.14. The predicted octanol–water partition coefficient (Wildman–Crippen LogP) is 3.08. The van der Waals surface area contributed by atoms with Crippen molar-refractivity contribution >= 4 is 12.0 Å². The van der Waals surface area contributed by atoms with Crippen molar-refractivity contribution in [2.75, 3.05) is 13.7 Å². The summed E-state index contributed by atoms with van der Waals surface area (Å²) in [4.78, 5) is 11.9. The molecule has 4 nitrogen and oxygen atoms in total. The van der Waals surface area contributed by atoms with Crippen molar-refractivity contribution in [2.24, 2.45) is 0 Å². The molecule has 1 unspecified atom stereocenters. The van der Waals surface area contributed by atoms with Gasteiger partial charge in [-0.3, -0.25) is 4.79 Å². The molecule has 0 aromatic heterocycles. The Balaban J connectivity index is 1.91. The van der Waals surface area contributed by atoms with E-state index in [-0.39, 0.29) is 12.0 Å². The van der Waals surface area contributed by atoms with Crippen molar-refractivity contribution in [3.63, 3.8) is 0 Å². The summed E-state index contributed by atoms with van der Waals surface area (Å²) in [6.45, 7) is 0.391. The minimum Gasteiger partial charge on any atom is -0.375 e. The van der Waals surface area contributed by atoms with Gasteiger partial charge in [0, 0.05) is 19.7 Å². The fourth-order valence-electron chi connectivity index (χ4n) is 2.14. The molecule has 2 aromatic carbocycles. The highest BCUT2D eigenvalue weighted by Crippen LogP contribution is 2.14. The number of nitriles is 1. The summed E-state index contributed by atoms with van der Waals surface area (Å²) in [5.74, 6) is -0.203. The van der Waals surface area contributed by atoms with Gasteiger partial charge in [0.1, 0.15) is 0 Å². The summed E-state index contributed by atoms with van der Waals surface area (Å²) in [6.07, 6.45) is 2.95. The second-order valence-electron chi connectivity index (χ2n) is 4.95. The number of hydrogen-bond acceptors (Lipinski definition) is 3. The lowest BCUT2D eigenvalue weighted by Crippen LogP contribution is -2.27. The zero-order chi connectivity index (χ0) is 16.5. The average molecular weight is 306 g/mol. The number of benzene rings is 2. The van der Waals surface area contributed by atoms with Gasteiger partial charge in [-0.25, -0.2) is 0 Å². The summed E-state index contributed by atoms with van der Waals surface area (Å²) in [6, 6.07) is 18.9. The quantitative estimate of drug-likeness (QED) is 0.834. The number of carbonyl (C=O) groups excluding carboxylic acids is 1. The van der Waals surface area contributed by atoms with Crippen LogP contribution in [0.1, 0.15) is 22.8 Å². The van der Waals surface area contributed by atoms with Crippen LogP contribution < -0.4 is 5.32 Å². The molecule has 0 saturated heterocycles. The highest BCUT2D eigenvalue weighted by Gasteiger charge is 2.10. The van der Waals surface area contributed by atoms with Gasteiger partial charge in [0.05, 0.1) is 17.7 Å². The van der Waals surface area contributed by atoms with E-state index < -0.39 is 0 Å². The highest BCUT2D eigenvalue weighted by molar-refractivity contribution is 5.91. The Hall–Kier alpha value is -2.90. The first-order valence-electron chi connectivity index (χ1n) is 7.26. The molecule has 1 amide bonds. The van der Waals surface area contributed by atoms with Gasteiger partial charge in [0.25, 0.3) is 0 Å². The highest BCUT2D eigenvalue weighted by atomic mass is 16.5. The van der Waals surface area contributed by atoms with Gasteiger partial charge in [0.15, 0.2) is 0 Å². The molecule has 2 rings (SSSR count). The molecule has 116 valence electrons. The molecule has 4 heteroatoms. The lowest BCUT2D eigenvalue weighted by atomic mass is 10.1. The summed E-state index contributed by atoms with van der Waals surface area (Å²) < 4.78 is 5.40. The molecular weight excluding hydrogens is 288 g/mol. The van der Waals surface area contributed by atoms with Crippen LogP contribution in [0, 0.1) is 11.3 Å². The standard InChI is InChI=1S/C19H18N2O2/c1-23-18(17-8-3-2-4-9-17)14-21-19(22)11-10-15-6-5-7-16(12-15)13-20/h2-12,18H,14H2,1H3,(H,21,22)/b11-10+. The van der Waals surface area contributed by atoms with Gasteiger partial charge in [0.2, 0.25) is 5.91 Å². The van der Waals surface area contributed by atoms with E-state index in [1.54, 1.807) is 31.4 Å². The Bertz CT molecular complexity index is 718. The van der Waals surface area contributed by atoms with Gasteiger partial charge in [-0.05, 0) is 29.3 Å². The summed E-state index contributed by atoms with van der Waals surface area (Å²) in [5, 5.41) is 11.7. The molecule has 0 fully saturated rings. The summed E-state index contributed by atoms with van der Waals surface area (Å²) in [7, 11) is 1.62. The summed E-state index contributed by atoms with van der Waals surface area (Å²) in [5.41, 5.74) is 2.39. The van der Waals surface area contributed by atoms with Crippen molar-refractivity contribution in [1.29, 1.82) is 5.26 Å². The molecule has 0 heterocycles. The van der Waals surface area contributed by atoms with Crippen LogP contribution in [0.15, 0.2) is 60.7 Å². The van der Waals surface area contributed by atoms with E-state index >= 15 is 0 Å².